The zero-order valence-electron chi connectivity index (χ0n) is 13.8. The van der Waals surface area contributed by atoms with Crippen molar-refractivity contribution in [2.75, 3.05) is 10.6 Å². The van der Waals surface area contributed by atoms with E-state index in [0.29, 0.717) is 26.6 Å². The van der Waals surface area contributed by atoms with Gasteiger partial charge < -0.3 is 16.0 Å². The summed E-state index contributed by atoms with van der Waals surface area (Å²) in [5.74, 6) is -1.78. The number of halogens is 1. The van der Waals surface area contributed by atoms with E-state index < -0.39 is 23.8 Å². The molecule has 2 aromatic carbocycles. The van der Waals surface area contributed by atoms with Crippen LogP contribution in [0.15, 0.2) is 42.5 Å². The fourth-order valence-corrected chi connectivity index (χ4v) is 3.67. The van der Waals surface area contributed by atoms with E-state index in [2.05, 4.69) is 20.9 Å². The third kappa shape index (κ3) is 3.49. The molecular weight excluding hydrogens is 371 g/mol. The van der Waals surface area contributed by atoms with E-state index in [1.54, 1.807) is 24.3 Å². The lowest BCUT2D eigenvalue weighted by Gasteiger charge is -2.13. The van der Waals surface area contributed by atoms with Crippen molar-refractivity contribution < 1.29 is 18.8 Å². The van der Waals surface area contributed by atoms with Crippen LogP contribution in [0.1, 0.15) is 16.8 Å². The van der Waals surface area contributed by atoms with E-state index >= 15 is 0 Å². The second kappa shape index (κ2) is 6.76. The number of hydrogen-bond acceptors (Lipinski definition) is 5. The van der Waals surface area contributed by atoms with Gasteiger partial charge in [-0.05, 0) is 30.3 Å². The molecule has 7 nitrogen and oxygen atoms in total. The SMILES string of the molecule is O=C(CC1NC(=O)c2ccccc2NC1=O)Nc1nc2ccc(F)cc2s1. The predicted octanol–water partition coefficient (Wildman–Crippen LogP) is 2.51. The van der Waals surface area contributed by atoms with Crippen LogP contribution in [0.4, 0.5) is 15.2 Å². The molecule has 0 spiro atoms. The molecule has 3 N–H and O–H groups in total. The first-order valence-electron chi connectivity index (χ1n) is 8.06. The number of aromatic nitrogens is 1. The number of thiazole rings is 1. The van der Waals surface area contributed by atoms with E-state index in [1.807, 2.05) is 0 Å². The molecule has 1 aromatic heterocycles. The van der Waals surface area contributed by atoms with Gasteiger partial charge in [0, 0.05) is 0 Å². The van der Waals surface area contributed by atoms with Crippen molar-refractivity contribution in [1.82, 2.24) is 10.3 Å². The summed E-state index contributed by atoms with van der Waals surface area (Å²) < 4.78 is 13.9. The molecule has 9 heteroatoms. The standard InChI is InChI=1S/C18H13FN4O3S/c19-9-5-6-12-14(7-9)27-18(22-12)23-15(24)8-13-17(26)20-11-4-2-1-3-10(11)16(25)21-13/h1-7,13H,8H2,(H,20,26)(H,21,25)(H,22,23,24). The summed E-state index contributed by atoms with van der Waals surface area (Å²) in [4.78, 5) is 41.1. The zero-order chi connectivity index (χ0) is 19.0. The molecule has 1 unspecified atom stereocenters. The van der Waals surface area contributed by atoms with Crippen LogP contribution in [-0.4, -0.2) is 28.7 Å². The smallest absolute Gasteiger partial charge is 0.254 e. The highest BCUT2D eigenvalue weighted by Gasteiger charge is 2.29. The van der Waals surface area contributed by atoms with Crippen LogP contribution >= 0.6 is 11.3 Å². The molecule has 136 valence electrons. The Labute approximate surface area is 156 Å². The average molecular weight is 384 g/mol. The van der Waals surface area contributed by atoms with E-state index in [4.69, 9.17) is 0 Å². The van der Waals surface area contributed by atoms with Crippen LogP contribution in [0.25, 0.3) is 10.2 Å². The lowest BCUT2D eigenvalue weighted by Crippen LogP contribution is -2.43. The molecule has 27 heavy (non-hydrogen) atoms. The van der Waals surface area contributed by atoms with Crippen LogP contribution in [0.3, 0.4) is 0 Å². The summed E-state index contributed by atoms with van der Waals surface area (Å²) in [5, 5.41) is 8.09. The van der Waals surface area contributed by atoms with Gasteiger partial charge in [0.2, 0.25) is 11.8 Å². The van der Waals surface area contributed by atoms with Crippen molar-refractivity contribution in [1.29, 1.82) is 0 Å². The number of para-hydroxylation sites is 1. The maximum Gasteiger partial charge on any atom is 0.254 e. The molecule has 3 aromatic rings. The van der Waals surface area contributed by atoms with Crippen molar-refractivity contribution in [2.45, 2.75) is 12.5 Å². The van der Waals surface area contributed by atoms with Gasteiger partial charge in [0.15, 0.2) is 5.13 Å². The van der Waals surface area contributed by atoms with Crippen LogP contribution < -0.4 is 16.0 Å². The number of carbonyl (C=O) groups is 3. The van der Waals surface area contributed by atoms with Crippen LogP contribution in [0, 0.1) is 5.82 Å². The van der Waals surface area contributed by atoms with Crippen LogP contribution in [-0.2, 0) is 9.59 Å². The molecule has 0 aliphatic carbocycles. The highest BCUT2D eigenvalue weighted by Crippen LogP contribution is 2.26. The highest BCUT2D eigenvalue weighted by atomic mass is 32.1. The van der Waals surface area contributed by atoms with Crippen LogP contribution in [0.2, 0.25) is 0 Å². The maximum atomic E-state index is 13.3. The Kier molecular flexibility index (Phi) is 4.28. The number of fused-ring (bicyclic) bond motifs is 2. The van der Waals surface area contributed by atoms with Gasteiger partial charge in [0.05, 0.1) is 27.9 Å². The van der Waals surface area contributed by atoms with E-state index in [1.165, 1.54) is 18.2 Å². The molecule has 0 bridgehead atoms. The predicted molar refractivity (Wildman–Crippen MR) is 99.2 cm³/mol. The van der Waals surface area contributed by atoms with E-state index in [-0.39, 0.29) is 12.2 Å². The first-order valence-corrected chi connectivity index (χ1v) is 8.88. The third-order valence-electron chi connectivity index (χ3n) is 4.04. The van der Waals surface area contributed by atoms with Crippen molar-refractivity contribution in [3.8, 4) is 0 Å². The number of benzene rings is 2. The van der Waals surface area contributed by atoms with Gasteiger partial charge in [-0.25, -0.2) is 9.37 Å². The van der Waals surface area contributed by atoms with Crippen molar-refractivity contribution >= 4 is 50.1 Å². The van der Waals surface area contributed by atoms with Gasteiger partial charge in [-0.1, -0.05) is 23.5 Å². The Bertz CT molecular complexity index is 1080. The number of nitrogens with zero attached hydrogens (tertiary/aromatic N) is 1. The topological polar surface area (TPSA) is 100 Å². The van der Waals surface area contributed by atoms with Gasteiger partial charge >= 0.3 is 0 Å². The van der Waals surface area contributed by atoms with Gasteiger partial charge in [0.1, 0.15) is 11.9 Å². The van der Waals surface area contributed by atoms with Gasteiger partial charge in [-0.2, -0.15) is 0 Å². The first kappa shape index (κ1) is 17.1. The normalized spacial score (nSPS) is 16.3. The molecule has 0 radical (unpaired) electrons. The third-order valence-corrected chi connectivity index (χ3v) is 4.97. The Morgan fingerprint density at radius 1 is 1.22 bits per heavy atom. The van der Waals surface area contributed by atoms with Crippen molar-refractivity contribution in [3.05, 3.63) is 53.8 Å². The summed E-state index contributed by atoms with van der Waals surface area (Å²) in [7, 11) is 0. The molecule has 1 aliphatic heterocycles. The molecule has 0 saturated carbocycles. The number of rotatable bonds is 3. The van der Waals surface area contributed by atoms with Gasteiger partial charge in [0.25, 0.3) is 5.91 Å². The lowest BCUT2D eigenvalue weighted by atomic mass is 10.1. The molecule has 0 fully saturated rings. The first-order chi connectivity index (χ1) is 13.0. The summed E-state index contributed by atoms with van der Waals surface area (Å²) in [5.41, 5.74) is 1.30. The number of carbonyl (C=O) groups excluding carboxylic acids is 3. The number of amides is 3. The monoisotopic (exact) mass is 384 g/mol. The zero-order valence-corrected chi connectivity index (χ0v) is 14.6. The Hall–Kier alpha value is -3.33. The molecule has 2 heterocycles. The molecule has 4 rings (SSSR count). The minimum atomic E-state index is -1.02. The second-order valence-electron chi connectivity index (χ2n) is 5.94. The lowest BCUT2D eigenvalue weighted by molar-refractivity contribution is -0.122. The van der Waals surface area contributed by atoms with Gasteiger partial charge in [-0.3, -0.25) is 14.4 Å². The van der Waals surface area contributed by atoms with E-state index in [9.17, 15) is 18.8 Å². The fraction of sp³-hybridized carbons (Fsp3) is 0.111. The molecular formula is C18H13FN4O3S. The Balaban J connectivity index is 1.47. The van der Waals surface area contributed by atoms with Gasteiger partial charge in [-0.15, -0.1) is 0 Å². The van der Waals surface area contributed by atoms with E-state index in [0.717, 1.165) is 11.3 Å². The van der Waals surface area contributed by atoms with Crippen molar-refractivity contribution in [2.24, 2.45) is 0 Å². The summed E-state index contributed by atoms with van der Waals surface area (Å²) >= 11 is 1.13. The number of nitrogens with one attached hydrogen (secondary N) is 3. The largest absolute Gasteiger partial charge is 0.340 e. The fourth-order valence-electron chi connectivity index (χ4n) is 2.76. The minimum absolute atomic E-state index is 0.254. The molecule has 1 aliphatic rings. The molecule has 0 saturated heterocycles. The average Bonchev–Trinajstić information content (AvgIpc) is 2.97. The van der Waals surface area contributed by atoms with Crippen molar-refractivity contribution in [3.63, 3.8) is 0 Å². The van der Waals surface area contributed by atoms with Crippen LogP contribution in [0.5, 0.6) is 0 Å². The Morgan fingerprint density at radius 2 is 2.04 bits per heavy atom. The highest BCUT2D eigenvalue weighted by molar-refractivity contribution is 7.22. The summed E-state index contributed by atoms with van der Waals surface area (Å²) in [6.45, 7) is 0. The summed E-state index contributed by atoms with van der Waals surface area (Å²) in [6, 6.07) is 9.73. The minimum Gasteiger partial charge on any atom is -0.340 e. The number of anilines is 2. The quantitative estimate of drug-likeness (QED) is 0.646. The molecule has 3 amide bonds. The second-order valence-corrected chi connectivity index (χ2v) is 6.97. The summed E-state index contributed by atoms with van der Waals surface area (Å²) in [6.07, 6.45) is -0.254. The molecule has 1 atom stereocenters. The number of hydrogen-bond donors (Lipinski definition) is 3. The maximum absolute atomic E-state index is 13.3. The Morgan fingerprint density at radius 3 is 2.89 bits per heavy atom.